The van der Waals surface area contributed by atoms with Gasteiger partial charge in [0.25, 0.3) is 0 Å². The summed E-state index contributed by atoms with van der Waals surface area (Å²) in [5.41, 5.74) is 1.20. The molecule has 0 heterocycles. The molecule has 0 aliphatic rings. The lowest BCUT2D eigenvalue weighted by molar-refractivity contribution is -0.0795. The molecule has 0 saturated heterocycles. The lowest BCUT2D eigenvalue weighted by Crippen LogP contribution is -2.17. The van der Waals surface area contributed by atoms with Crippen molar-refractivity contribution in [3.05, 3.63) is 22.8 Å². The van der Waals surface area contributed by atoms with Crippen LogP contribution in [0.1, 0.15) is 37.5 Å². The number of aryl methyl sites for hydroxylation is 1. The van der Waals surface area contributed by atoms with E-state index in [1.165, 1.54) is 0 Å². The van der Waals surface area contributed by atoms with E-state index in [4.69, 9.17) is 9.22 Å². The van der Waals surface area contributed by atoms with Crippen LogP contribution in [0, 0.1) is 13.8 Å². The Balaban J connectivity index is 3.66. The molecule has 5 nitrogen and oxygen atoms in total. The van der Waals surface area contributed by atoms with Gasteiger partial charge in [-0.05, 0) is 24.8 Å². The highest BCUT2D eigenvalue weighted by Gasteiger charge is 2.26. The molecule has 0 unspecified atom stereocenters. The topological polar surface area (TPSA) is 75.7 Å². The quantitative estimate of drug-likeness (QED) is 0.367. The SMILES string of the molecule is CSOOc1c(C(C)(C)C)cc(C)c(S(=O)(=O)[O-])c1C. The summed E-state index contributed by atoms with van der Waals surface area (Å²) in [5.74, 6) is 0.284. The fourth-order valence-corrected chi connectivity index (χ4v) is 3.12. The highest BCUT2D eigenvalue weighted by molar-refractivity contribution is 7.93. The fourth-order valence-electron chi connectivity index (χ4n) is 2.07. The lowest BCUT2D eigenvalue weighted by atomic mass is 9.84. The van der Waals surface area contributed by atoms with E-state index < -0.39 is 10.1 Å². The first-order valence-corrected chi connectivity index (χ1v) is 8.54. The molecule has 0 N–H and O–H groups in total. The minimum absolute atomic E-state index is 0.245. The van der Waals surface area contributed by atoms with Crippen LogP contribution in [0.25, 0.3) is 0 Å². The first kappa shape index (κ1) is 17.3. The molecule has 0 aliphatic carbocycles. The highest BCUT2D eigenvalue weighted by atomic mass is 32.2. The summed E-state index contributed by atoms with van der Waals surface area (Å²) >= 11 is 0.992. The van der Waals surface area contributed by atoms with Crippen molar-refractivity contribution in [1.29, 1.82) is 0 Å². The van der Waals surface area contributed by atoms with Crippen molar-refractivity contribution in [2.24, 2.45) is 0 Å². The Morgan fingerprint density at radius 3 is 2.20 bits per heavy atom. The summed E-state index contributed by atoms with van der Waals surface area (Å²) in [6, 6.07) is 1.66. The van der Waals surface area contributed by atoms with Gasteiger partial charge in [-0.1, -0.05) is 26.8 Å². The summed E-state index contributed by atoms with van der Waals surface area (Å²) < 4.78 is 39.1. The van der Waals surface area contributed by atoms with Crippen LogP contribution in [0.4, 0.5) is 0 Å². The highest BCUT2D eigenvalue weighted by Crippen LogP contribution is 2.39. The predicted molar refractivity (Wildman–Crippen MR) is 77.8 cm³/mol. The molecule has 0 saturated carbocycles. The van der Waals surface area contributed by atoms with E-state index in [0.29, 0.717) is 5.56 Å². The van der Waals surface area contributed by atoms with Gasteiger partial charge in [0.05, 0.1) is 4.90 Å². The normalized spacial score (nSPS) is 12.6. The van der Waals surface area contributed by atoms with E-state index in [0.717, 1.165) is 17.6 Å². The van der Waals surface area contributed by atoms with Gasteiger partial charge in [0, 0.05) is 29.4 Å². The molecule has 0 amide bonds. The van der Waals surface area contributed by atoms with Crippen LogP contribution < -0.4 is 4.89 Å². The van der Waals surface area contributed by atoms with E-state index >= 15 is 0 Å². The van der Waals surface area contributed by atoms with E-state index in [-0.39, 0.29) is 21.6 Å². The van der Waals surface area contributed by atoms with Crippen molar-refractivity contribution < 1.29 is 22.2 Å². The maximum atomic E-state index is 11.4. The molecule has 0 atom stereocenters. The molecule has 1 rings (SSSR count). The largest absolute Gasteiger partial charge is 0.744 e. The number of benzene rings is 1. The zero-order chi connectivity index (χ0) is 15.7. The lowest BCUT2D eigenvalue weighted by Gasteiger charge is -2.26. The molecule has 0 spiro atoms. The molecule has 20 heavy (non-hydrogen) atoms. The van der Waals surface area contributed by atoms with E-state index in [2.05, 4.69) is 0 Å². The molecule has 0 fully saturated rings. The van der Waals surface area contributed by atoms with Crippen molar-refractivity contribution in [2.45, 2.75) is 44.9 Å². The third-order valence-corrected chi connectivity index (χ3v) is 4.22. The van der Waals surface area contributed by atoms with Gasteiger partial charge in [0.15, 0.2) is 5.75 Å². The summed E-state index contributed by atoms with van der Waals surface area (Å²) in [7, 11) is -4.57. The Morgan fingerprint density at radius 1 is 1.25 bits per heavy atom. The van der Waals surface area contributed by atoms with Gasteiger partial charge in [0.1, 0.15) is 10.1 Å². The monoisotopic (exact) mass is 319 g/mol. The molecule has 7 heteroatoms. The van der Waals surface area contributed by atoms with Crippen LogP contribution in [0.15, 0.2) is 11.0 Å². The number of rotatable bonds is 4. The third-order valence-electron chi connectivity index (χ3n) is 2.89. The minimum Gasteiger partial charge on any atom is -0.744 e. The average molecular weight is 319 g/mol. The first-order valence-electron chi connectivity index (χ1n) is 5.98. The molecule has 0 bridgehead atoms. The number of hydrogen-bond donors (Lipinski definition) is 0. The van der Waals surface area contributed by atoms with E-state index in [1.807, 2.05) is 20.8 Å². The minimum atomic E-state index is -4.57. The molecule has 1 aromatic carbocycles. The van der Waals surface area contributed by atoms with Crippen molar-refractivity contribution in [3.8, 4) is 5.75 Å². The van der Waals surface area contributed by atoms with E-state index in [1.54, 1.807) is 26.2 Å². The van der Waals surface area contributed by atoms with Gasteiger partial charge < -0.3 is 9.44 Å². The van der Waals surface area contributed by atoms with Gasteiger partial charge in [-0.2, -0.15) is 0 Å². The molecular weight excluding hydrogens is 300 g/mol. The Bertz CT molecular complexity index is 600. The maximum absolute atomic E-state index is 11.4. The molecule has 0 aliphatic heterocycles. The smallest absolute Gasteiger partial charge is 0.174 e. The Morgan fingerprint density at radius 2 is 1.80 bits per heavy atom. The van der Waals surface area contributed by atoms with Gasteiger partial charge in [0.2, 0.25) is 0 Å². The second kappa shape index (κ2) is 5.93. The summed E-state index contributed by atoms with van der Waals surface area (Å²) in [6.45, 7) is 9.06. The Hall–Kier alpha value is -0.760. The van der Waals surface area contributed by atoms with Gasteiger partial charge in [-0.25, -0.2) is 8.42 Å². The predicted octanol–water partition coefficient (Wildman–Crippen LogP) is 3.09. The molecule has 1 aromatic rings. The van der Waals surface area contributed by atoms with Crippen LogP contribution in [-0.4, -0.2) is 19.2 Å². The van der Waals surface area contributed by atoms with Gasteiger partial charge >= 0.3 is 0 Å². The van der Waals surface area contributed by atoms with Gasteiger partial charge in [-0.15, -0.1) is 4.33 Å². The van der Waals surface area contributed by atoms with Crippen molar-refractivity contribution >= 4 is 22.2 Å². The number of hydrogen-bond acceptors (Lipinski definition) is 6. The Kier molecular flexibility index (Phi) is 5.13. The third kappa shape index (κ3) is 3.66. The summed E-state index contributed by atoms with van der Waals surface area (Å²) in [5, 5.41) is 0. The second-order valence-electron chi connectivity index (χ2n) is 5.55. The van der Waals surface area contributed by atoms with Crippen LogP contribution in [-0.2, 0) is 19.9 Å². The maximum Gasteiger partial charge on any atom is 0.174 e. The van der Waals surface area contributed by atoms with Gasteiger partial charge in [-0.3, -0.25) is 0 Å². The van der Waals surface area contributed by atoms with Crippen LogP contribution >= 0.6 is 12.0 Å². The summed E-state index contributed by atoms with van der Waals surface area (Å²) in [4.78, 5) is 4.95. The molecule has 114 valence electrons. The standard InChI is InChI=1S/C13H20O5S2/c1-8-7-10(13(3,4)5)11(17-18-19-6)9(2)12(8)20(14,15)16/h7H,1-6H3,(H,14,15,16)/p-1. The van der Waals surface area contributed by atoms with Crippen LogP contribution in [0.3, 0.4) is 0 Å². The van der Waals surface area contributed by atoms with Crippen LogP contribution in [0.5, 0.6) is 5.75 Å². The van der Waals surface area contributed by atoms with Crippen LogP contribution in [0.2, 0.25) is 0 Å². The summed E-state index contributed by atoms with van der Waals surface area (Å²) in [6.07, 6.45) is 1.67. The molecule has 0 radical (unpaired) electrons. The fraction of sp³-hybridized carbons (Fsp3) is 0.538. The van der Waals surface area contributed by atoms with Crippen molar-refractivity contribution in [1.82, 2.24) is 0 Å². The van der Waals surface area contributed by atoms with Crippen molar-refractivity contribution in [2.75, 3.05) is 6.26 Å². The zero-order valence-electron chi connectivity index (χ0n) is 12.4. The first-order chi connectivity index (χ1) is 9.00. The molecule has 0 aromatic heterocycles. The second-order valence-corrected chi connectivity index (χ2v) is 7.33. The zero-order valence-corrected chi connectivity index (χ0v) is 14.1. The Labute approximate surface area is 124 Å². The van der Waals surface area contributed by atoms with Crippen molar-refractivity contribution in [3.63, 3.8) is 0 Å². The van der Waals surface area contributed by atoms with E-state index in [9.17, 15) is 13.0 Å². The average Bonchev–Trinajstić information content (AvgIpc) is 2.24. The molecular formula is C13H19O5S2-.